The summed E-state index contributed by atoms with van der Waals surface area (Å²) < 4.78 is 5.54. The van der Waals surface area contributed by atoms with Crippen molar-refractivity contribution in [2.24, 2.45) is 11.3 Å². The van der Waals surface area contributed by atoms with E-state index < -0.39 is 0 Å². The molecular formula is C19H28N4O3. The second kappa shape index (κ2) is 6.68. The van der Waals surface area contributed by atoms with Gasteiger partial charge in [-0.3, -0.25) is 14.7 Å². The summed E-state index contributed by atoms with van der Waals surface area (Å²) in [5, 5.41) is 7.41. The van der Waals surface area contributed by atoms with E-state index in [0.29, 0.717) is 32.0 Å². The van der Waals surface area contributed by atoms with Crippen LogP contribution in [0.5, 0.6) is 0 Å². The summed E-state index contributed by atoms with van der Waals surface area (Å²) in [4.78, 5) is 29.6. The fourth-order valence-electron chi connectivity index (χ4n) is 4.87. The first-order chi connectivity index (χ1) is 12.5. The molecule has 2 aliphatic heterocycles. The molecular weight excluding hydrogens is 332 g/mol. The van der Waals surface area contributed by atoms with E-state index in [2.05, 4.69) is 10.2 Å². The molecule has 0 aromatic carbocycles. The van der Waals surface area contributed by atoms with Gasteiger partial charge in [0.25, 0.3) is 5.91 Å². The van der Waals surface area contributed by atoms with E-state index in [4.69, 9.17) is 4.74 Å². The van der Waals surface area contributed by atoms with Crippen LogP contribution >= 0.6 is 0 Å². The summed E-state index contributed by atoms with van der Waals surface area (Å²) in [6.07, 6.45) is 5.81. The molecule has 2 fully saturated rings. The monoisotopic (exact) mass is 360 g/mol. The third kappa shape index (κ3) is 2.82. The van der Waals surface area contributed by atoms with Crippen LogP contribution in [0.1, 0.15) is 47.4 Å². The molecule has 3 heterocycles. The summed E-state index contributed by atoms with van der Waals surface area (Å²) in [5.74, 6) is -0.0595. The Morgan fingerprint density at radius 2 is 1.96 bits per heavy atom. The van der Waals surface area contributed by atoms with Gasteiger partial charge in [0.1, 0.15) is 0 Å². The number of hydrogen-bond donors (Lipinski definition) is 1. The standard InChI is InChI=1S/C19H28N4O3/c1-22(2)17(24)14-11-23(12-19(14)7-9-26-10-8-19)18(25)16-13-5-3-4-6-15(13)20-21-16/h14H,3-12H2,1-2H3,(H,20,21). The molecule has 1 N–H and O–H groups in total. The fourth-order valence-corrected chi connectivity index (χ4v) is 4.87. The van der Waals surface area contributed by atoms with Crippen LogP contribution in [0.15, 0.2) is 0 Å². The lowest BCUT2D eigenvalue weighted by molar-refractivity contribution is -0.138. The van der Waals surface area contributed by atoms with Crippen LogP contribution < -0.4 is 0 Å². The van der Waals surface area contributed by atoms with Crippen LogP contribution in [-0.2, 0) is 22.4 Å². The Labute approximate surface area is 154 Å². The predicted octanol–water partition coefficient (Wildman–Crippen LogP) is 1.25. The molecule has 0 saturated carbocycles. The number of aryl methyl sites for hydroxylation is 1. The van der Waals surface area contributed by atoms with Crippen molar-refractivity contribution in [1.82, 2.24) is 20.0 Å². The topological polar surface area (TPSA) is 78.5 Å². The highest BCUT2D eigenvalue weighted by molar-refractivity contribution is 5.95. The van der Waals surface area contributed by atoms with E-state index in [1.165, 1.54) is 0 Å². The highest BCUT2D eigenvalue weighted by Crippen LogP contribution is 2.45. The van der Waals surface area contributed by atoms with Crippen molar-refractivity contribution in [1.29, 1.82) is 0 Å². The minimum Gasteiger partial charge on any atom is -0.381 e. The van der Waals surface area contributed by atoms with Crippen molar-refractivity contribution in [2.75, 3.05) is 40.4 Å². The number of ether oxygens (including phenoxy) is 1. The second-order valence-electron chi connectivity index (χ2n) is 8.18. The van der Waals surface area contributed by atoms with E-state index in [1.807, 2.05) is 4.90 Å². The molecule has 3 aliphatic rings. The van der Waals surface area contributed by atoms with E-state index in [9.17, 15) is 9.59 Å². The van der Waals surface area contributed by atoms with Gasteiger partial charge in [-0.2, -0.15) is 5.10 Å². The van der Waals surface area contributed by atoms with E-state index >= 15 is 0 Å². The number of fused-ring (bicyclic) bond motifs is 1. The van der Waals surface area contributed by atoms with Crippen molar-refractivity contribution in [3.8, 4) is 0 Å². The second-order valence-corrected chi connectivity index (χ2v) is 8.18. The molecule has 1 aliphatic carbocycles. The zero-order valence-corrected chi connectivity index (χ0v) is 15.7. The normalized spacial score (nSPS) is 24.5. The highest BCUT2D eigenvalue weighted by atomic mass is 16.5. The Morgan fingerprint density at radius 1 is 1.23 bits per heavy atom. The minimum atomic E-state index is -0.161. The number of amides is 2. The number of hydrogen-bond acceptors (Lipinski definition) is 4. The van der Waals surface area contributed by atoms with Crippen molar-refractivity contribution < 1.29 is 14.3 Å². The lowest BCUT2D eigenvalue weighted by Gasteiger charge is -2.37. The zero-order chi connectivity index (χ0) is 18.3. The number of carbonyl (C=O) groups excluding carboxylic acids is 2. The number of nitrogens with zero attached hydrogens (tertiary/aromatic N) is 3. The van der Waals surface area contributed by atoms with Crippen molar-refractivity contribution in [3.63, 3.8) is 0 Å². The van der Waals surface area contributed by atoms with E-state index in [0.717, 1.165) is 49.8 Å². The number of likely N-dealkylation sites (tertiary alicyclic amines) is 1. The third-order valence-electron chi connectivity index (χ3n) is 6.42. The number of aromatic nitrogens is 2. The molecule has 142 valence electrons. The van der Waals surface area contributed by atoms with Crippen LogP contribution in [0.4, 0.5) is 0 Å². The van der Waals surface area contributed by atoms with Gasteiger partial charge >= 0.3 is 0 Å². The SMILES string of the molecule is CN(C)C(=O)C1CN(C(=O)c2n[nH]c3c2CCCC3)CC12CCOCC2. The fraction of sp³-hybridized carbons (Fsp3) is 0.737. The van der Waals surface area contributed by atoms with Crippen molar-refractivity contribution >= 4 is 11.8 Å². The lowest BCUT2D eigenvalue weighted by atomic mass is 9.71. The quantitative estimate of drug-likeness (QED) is 0.861. The number of rotatable bonds is 2. The van der Waals surface area contributed by atoms with Gasteiger partial charge in [0, 0.05) is 57.1 Å². The molecule has 2 amide bonds. The maximum atomic E-state index is 13.2. The van der Waals surface area contributed by atoms with Gasteiger partial charge in [0.2, 0.25) is 5.91 Å². The van der Waals surface area contributed by atoms with Gasteiger partial charge in [-0.05, 0) is 38.5 Å². The minimum absolute atomic E-state index is 0.0238. The predicted molar refractivity (Wildman–Crippen MR) is 95.8 cm³/mol. The first-order valence-electron chi connectivity index (χ1n) is 9.66. The Hall–Kier alpha value is -1.89. The Balaban J connectivity index is 1.60. The molecule has 7 heteroatoms. The molecule has 26 heavy (non-hydrogen) atoms. The van der Waals surface area contributed by atoms with Gasteiger partial charge in [-0.1, -0.05) is 0 Å². The molecule has 7 nitrogen and oxygen atoms in total. The number of H-pyrrole nitrogens is 1. The van der Waals surface area contributed by atoms with Crippen LogP contribution in [-0.4, -0.2) is 72.2 Å². The maximum absolute atomic E-state index is 13.2. The molecule has 1 aromatic heterocycles. The maximum Gasteiger partial charge on any atom is 0.274 e. The lowest BCUT2D eigenvalue weighted by Crippen LogP contribution is -2.44. The first-order valence-corrected chi connectivity index (χ1v) is 9.66. The average Bonchev–Trinajstić information content (AvgIpc) is 3.23. The van der Waals surface area contributed by atoms with Gasteiger partial charge in [0.05, 0.1) is 5.92 Å². The molecule has 1 unspecified atom stereocenters. The molecule has 1 atom stereocenters. The zero-order valence-electron chi connectivity index (χ0n) is 15.7. The molecule has 2 saturated heterocycles. The summed E-state index contributed by atoms with van der Waals surface area (Å²) in [6.45, 7) is 2.44. The van der Waals surface area contributed by atoms with Crippen LogP contribution in [0.3, 0.4) is 0 Å². The smallest absolute Gasteiger partial charge is 0.274 e. The van der Waals surface area contributed by atoms with Crippen molar-refractivity contribution in [2.45, 2.75) is 38.5 Å². The summed E-state index contributed by atoms with van der Waals surface area (Å²) in [5.41, 5.74) is 2.61. The Morgan fingerprint density at radius 3 is 2.69 bits per heavy atom. The molecule has 0 radical (unpaired) electrons. The van der Waals surface area contributed by atoms with Gasteiger partial charge in [0.15, 0.2) is 5.69 Å². The van der Waals surface area contributed by atoms with Gasteiger partial charge in [-0.15, -0.1) is 0 Å². The number of carbonyl (C=O) groups is 2. The van der Waals surface area contributed by atoms with Crippen LogP contribution in [0.2, 0.25) is 0 Å². The summed E-state index contributed by atoms with van der Waals surface area (Å²) >= 11 is 0. The average molecular weight is 360 g/mol. The number of nitrogens with one attached hydrogen (secondary N) is 1. The highest BCUT2D eigenvalue weighted by Gasteiger charge is 2.52. The first kappa shape index (κ1) is 17.5. The van der Waals surface area contributed by atoms with Gasteiger partial charge in [-0.25, -0.2) is 0 Å². The van der Waals surface area contributed by atoms with E-state index in [1.54, 1.807) is 19.0 Å². The molecule has 1 aromatic rings. The largest absolute Gasteiger partial charge is 0.381 e. The van der Waals surface area contributed by atoms with Crippen LogP contribution in [0.25, 0.3) is 0 Å². The summed E-state index contributed by atoms with van der Waals surface area (Å²) in [7, 11) is 3.59. The van der Waals surface area contributed by atoms with Crippen LogP contribution in [0, 0.1) is 11.3 Å². The molecule has 0 bridgehead atoms. The summed E-state index contributed by atoms with van der Waals surface area (Å²) in [6, 6.07) is 0. The Bertz CT molecular complexity index is 706. The molecule has 1 spiro atoms. The number of aromatic amines is 1. The van der Waals surface area contributed by atoms with Crippen molar-refractivity contribution in [3.05, 3.63) is 17.0 Å². The third-order valence-corrected chi connectivity index (χ3v) is 6.42. The Kier molecular flexibility index (Phi) is 4.50. The van der Waals surface area contributed by atoms with Gasteiger partial charge < -0.3 is 14.5 Å². The molecule has 4 rings (SSSR count). The van der Waals surface area contributed by atoms with E-state index in [-0.39, 0.29) is 23.1 Å².